The first kappa shape index (κ1) is 64.2. The van der Waals surface area contributed by atoms with E-state index in [-0.39, 0.29) is 67.7 Å². The molecule has 21 nitrogen and oxygen atoms in total. The highest BCUT2D eigenvalue weighted by atomic mass is 32.2. The molecule has 1 aromatic carbocycles. The molecule has 0 spiro atoms. The molecule has 0 radical (unpaired) electrons. The van der Waals surface area contributed by atoms with E-state index in [4.69, 9.17) is 42.6 Å². The van der Waals surface area contributed by atoms with E-state index in [0.29, 0.717) is 30.2 Å². The van der Waals surface area contributed by atoms with Gasteiger partial charge in [-0.15, -0.1) is 11.8 Å². The molecule has 4 aliphatic heterocycles. The molecule has 18 atom stereocenters. The molecule has 0 amide bonds. The summed E-state index contributed by atoms with van der Waals surface area (Å²) in [6.07, 6.45) is -8.24. The molecule has 446 valence electrons. The van der Waals surface area contributed by atoms with E-state index in [1.54, 1.807) is 48.5 Å². The summed E-state index contributed by atoms with van der Waals surface area (Å²) in [6.45, 7) is 21.0. The second-order valence-corrected chi connectivity index (χ2v) is 24.3. The molecule has 4 saturated heterocycles. The van der Waals surface area contributed by atoms with Gasteiger partial charge < -0.3 is 72.7 Å². The standard InChI is InChI=1S/C56H87FN4O17S/c1-16-39-56(11)48(77-53(68)78-56)33(7)60(14)27-29(3)25-54(9,69)47(76-52-45(64)37(59(12)13)24-30(4)71-52)31(5)46(32(6)51(67)73-39)75-41-26-55(10,70-15)49(34(8)72-41)74-40(62)20-21-58-22-23-79-38-19-18-36(57)43-42(38)44(63)35(50(65)66)28-61(43)17-2/h18-19,28-34,37,39,41,45-49,52,58,64,69H,16-17,20-27H2,1-15H3,(H,65,66)/t29-,30+,31+,32+,33+,34-,37-,39-,41-,45+,46-,47+,48+,49-,52-,54+,55+,56-/m0/s1. The molecule has 23 heteroatoms. The summed E-state index contributed by atoms with van der Waals surface area (Å²) in [5.74, 6) is -5.00. The number of hydrogen-bond acceptors (Lipinski definition) is 20. The topological polar surface area (TPSA) is 253 Å². The van der Waals surface area contributed by atoms with E-state index in [1.165, 1.54) is 35.6 Å². The molecule has 4 N–H and O–H groups in total. The summed E-state index contributed by atoms with van der Waals surface area (Å²) in [5, 5.41) is 37.5. The van der Waals surface area contributed by atoms with Crippen molar-refractivity contribution in [2.75, 3.05) is 53.6 Å². The zero-order valence-corrected chi connectivity index (χ0v) is 49.5. The number of likely N-dealkylation sites (N-methyl/N-ethyl adjacent to an activating group) is 2. The van der Waals surface area contributed by atoms with Crippen LogP contribution in [0.4, 0.5) is 9.18 Å². The second kappa shape index (κ2) is 26.5. The third kappa shape index (κ3) is 14.3. The number of aliphatic hydroxyl groups is 2. The highest BCUT2D eigenvalue weighted by Crippen LogP contribution is 2.43. The van der Waals surface area contributed by atoms with E-state index >= 15 is 4.39 Å². The van der Waals surface area contributed by atoms with Crippen LogP contribution in [0.3, 0.4) is 0 Å². The number of aromatic nitrogens is 1. The predicted octanol–water partition coefficient (Wildman–Crippen LogP) is 5.58. The number of benzene rings is 1. The van der Waals surface area contributed by atoms with Crippen molar-refractivity contribution in [2.24, 2.45) is 17.8 Å². The number of nitrogens with one attached hydrogen (secondary N) is 1. The number of rotatable bonds is 17. The van der Waals surface area contributed by atoms with Crippen LogP contribution in [-0.4, -0.2) is 198 Å². The number of carbonyl (C=O) groups excluding carboxylic acids is 3. The molecule has 5 heterocycles. The average molecular weight is 1140 g/mol. The number of aromatic carboxylic acids is 1. The highest BCUT2D eigenvalue weighted by Gasteiger charge is 2.58. The minimum atomic E-state index is -1.64. The van der Waals surface area contributed by atoms with Crippen molar-refractivity contribution in [3.8, 4) is 0 Å². The van der Waals surface area contributed by atoms with Crippen molar-refractivity contribution in [1.82, 2.24) is 19.7 Å². The molecule has 79 heavy (non-hydrogen) atoms. The number of methoxy groups -OCH3 is 1. The minimum absolute atomic E-state index is 0.00265. The lowest BCUT2D eigenvalue weighted by Crippen LogP contribution is -2.61. The van der Waals surface area contributed by atoms with Gasteiger partial charge in [-0.1, -0.05) is 20.8 Å². The molecule has 0 bridgehead atoms. The van der Waals surface area contributed by atoms with E-state index in [9.17, 15) is 39.3 Å². The Morgan fingerprint density at radius 1 is 0.975 bits per heavy atom. The molecular formula is C56H87FN4O17S. The van der Waals surface area contributed by atoms with Crippen LogP contribution in [0, 0.1) is 23.6 Å². The number of aryl methyl sites for hydroxylation is 1. The lowest BCUT2D eigenvalue weighted by atomic mass is 9.77. The number of hydrogen-bond donors (Lipinski definition) is 4. The lowest BCUT2D eigenvalue weighted by Gasteiger charge is -2.49. The van der Waals surface area contributed by atoms with Crippen LogP contribution in [0.25, 0.3) is 10.9 Å². The maximum absolute atomic E-state index is 15.0. The summed E-state index contributed by atoms with van der Waals surface area (Å²) in [7, 11) is 7.12. The fourth-order valence-electron chi connectivity index (χ4n) is 12.3. The molecule has 0 unspecified atom stereocenters. The maximum Gasteiger partial charge on any atom is 0.509 e. The van der Waals surface area contributed by atoms with Crippen LogP contribution < -0.4 is 10.7 Å². The SMILES string of the molecule is CC[C@@H]1OC(=O)[C@H](C)[C@@H](O[C@H]2C[C@@](C)(OC)[C@@H](OC(=O)CCNCCSc3ccc(F)c4c3c(=O)c(C(=O)O)cn4CC)[C@H](C)O2)[C@@H](C)[C@@H](O[C@@H]2O[C@H](C)C[C@H](N(C)C)[C@H]2O)[C@](C)(O)C[C@H](C)CN(C)[C@H](C)[C@H]2OC(=O)O[C@@]12C. The quantitative estimate of drug-likeness (QED) is 0.0653. The Morgan fingerprint density at radius 3 is 2.30 bits per heavy atom. The number of carboxylic acids is 1. The summed E-state index contributed by atoms with van der Waals surface area (Å²) in [6, 6.07) is 1.97. The number of nitrogens with zero attached hydrogens (tertiary/aromatic N) is 3. The summed E-state index contributed by atoms with van der Waals surface area (Å²) < 4.78 is 73.3. The number of halogens is 1. The third-order valence-electron chi connectivity index (χ3n) is 16.6. The van der Waals surface area contributed by atoms with Crippen molar-refractivity contribution in [3.63, 3.8) is 0 Å². The Kier molecular flexibility index (Phi) is 21.5. The Bertz CT molecular complexity index is 2520. The van der Waals surface area contributed by atoms with Gasteiger partial charge in [-0.2, -0.15) is 0 Å². The van der Waals surface area contributed by atoms with Crippen molar-refractivity contribution in [1.29, 1.82) is 0 Å². The van der Waals surface area contributed by atoms with Crippen LogP contribution in [0.5, 0.6) is 0 Å². The van der Waals surface area contributed by atoms with Gasteiger partial charge in [-0.25, -0.2) is 14.0 Å². The number of carbonyl (C=O) groups is 4. The maximum atomic E-state index is 15.0. The molecule has 4 aliphatic rings. The first-order valence-corrected chi connectivity index (χ1v) is 28.7. The van der Waals surface area contributed by atoms with Gasteiger partial charge in [0.1, 0.15) is 29.2 Å². The molecule has 6 rings (SSSR count). The van der Waals surface area contributed by atoms with Crippen molar-refractivity contribution >= 4 is 46.7 Å². The lowest BCUT2D eigenvalue weighted by molar-refractivity contribution is -0.318. The first-order valence-electron chi connectivity index (χ1n) is 27.7. The van der Waals surface area contributed by atoms with Gasteiger partial charge in [0.25, 0.3) is 0 Å². The third-order valence-corrected chi connectivity index (χ3v) is 17.7. The fraction of sp³-hybridized carbons (Fsp3) is 0.768. The zero-order valence-electron chi connectivity index (χ0n) is 48.6. The fourth-order valence-corrected chi connectivity index (χ4v) is 13.3. The van der Waals surface area contributed by atoms with Gasteiger partial charge in [0.15, 0.2) is 30.4 Å². The Balaban J connectivity index is 1.21. The molecule has 4 fully saturated rings. The number of pyridine rings is 1. The van der Waals surface area contributed by atoms with Crippen molar-refractivity contribution < 1.29 is 81.5 Å². The normalized spacial score (nSPS) is 37.1. The van der Waals surface area contributed by atoms with Crippen LogP contribution in [-0.2, 0) is 58.8 Å². The van der Waals surface area contributed by atoms with Crippen molar-refractivity contribution in [3.05, 3.63) is 39.9 Å². The van der Waals surface area contributed by atoms with E-state index in [2.05, 4.69) is 5.32 Å². The highest BCUT2D eigenvalue weighted by molar-refractivity contribution is 7.99. The van der Waals surface area contributed by atoms with Crippen LogP contribution in [0.2, 0.25) is 0 Å². The average Bonchev–Trinajstić information content (AvgIpc) is 3.91. The number of ether oxygens (including phenoxy) is 9. The smallest absolute Gasteiger partial charge is 0.477 e. The largest absolute Gasteiger partial charge is 0.509 e. The van der Waals surface area contributed by atoms with Gasteiger partial charge in [0.05, 0.1) is 53.3 Å². The Labute approximate surface area is 467 Å². The number of cyclic esters (lactones) is 1. The van der Waals surface area contributed by atoms with Crippen LogP contribution in [0.15, 0.2) is 28.0 Å². The van der Waals surface area contributed by atoms with Crippen LogP contribution in [0.1, 0.15) is 119 Å². The molecule has 0 saturated carbocycles. The van der Waals surface area contributed by atoms with Gasteiger partial charge >= 0.3 is 24.1 Å². The molecule has 1 aromatic heterocycles. The number of esters is 2. The molecule has 0 aliphatic carbocycles. The van der Waals surface area contributed by atoms with E-state index < -0.39 is 131 Å². The van der Waals surface area contributed by atoms with E-state index in [0.717, 1.165) is 6.20 Å². The number of fused-ring (bicyclic) bond motifs is 2. The van der Waals surface area contributed by atoms with Gasteiger partial charge in [0.2, 0.25) is 5.43 Å². The molecular weight excluding hydrogens is 1050 g/mol. The summed E-state index contributed by atoms with van der Waals surface area (Å²) in [5.41, 5.74) is -5.40. The first-order chi connectivity index (χ1) is 37.0. The monoisotopic (exact) mass is 1140 g/mol. The Hall–Kier alpha value is -4.01. The van der Waals surface area contributed by atoms with Crippen LogP contribution >= 0.6 is 11.8 Å². The minimum Gasteiger partial charge on any atom is -0.477 e. The zero-order chi connectivity index (χ0) is 58.6. The number of thioether (sulfide) groups is 1. The van der Waals surface area contributed by atoms with Gasteiger partial charge in [-0.05, 0) is 114 Å². The number of carboxylic acid groups (broad SMARTS) is 1. The van der Waals surface area contributed by atoms with Crippen molar-refractivity contribution in [2.45, 2.75) is 210 Å². The van der Waals surface area contributed by atoms with Gasteiger partial charge in [0, 0.05) is 74.6 Å². The summed E-state index contributed by atoms with van der Waals surface area (Å²) >= 11 is 1.26. The molecule has 2 aromatic rings. The van der Waals surface area contributed by atoms with Gasteiger partial charge in [-0.3, -0.25) is 19.3 Å². The number of aliphatic hydroxyl groups excluding tert-OH is 1. The Morgan fingerprint density at radius 2 is 1.67 bits per heavy atom. The second-order valence-electron chi connectivity index (χ2n) is 23.1. The predicted molar refractivity (Wildman–Crippen MR) is 290 cm³/mol. The summed E-state index contributed by atoms with van der Waals surface area (Å²) in [4.78, 5) is 70.7. The van der Waals surface area contributed by atoms with E-state index in [1.807, 2.05) is 58.6 Å².